The summed E-state index contributed by atoms with van der Waals surface area (Å²) in [6, 6.07) is 8.18. The van der Waals surface area contributed by atoms with Crippen LogP contribution in [0.2, 0.25) is 5.02 Å². The molecule has 1 aliphatic rings. The van der Waals surface area contributed by atoms with Crippen LogP contribution in [0.5, 0.6) is 17.2 Å². The minimum absolute atomic E-state index is 0.194. The van der Waals surface area contributed by atoms with Crippen LogP contribution >= 0.6 is 39.3 Å². The summed E-state index contributed by atoms with van der Waals surface area (Å²) in [6.07, 6.45) is 1.57. The zero-order chi connectivity index (χ0) is 24.1. The van der Waals surface area contributed by atoms with Crippen LogP contribution in [0.3, 0.4) is 0 Å². The molecule has 0 aromatic heterocycles. The number of carbonyl (C=O) groups is 3. The third-order valence-corrected chi connectivity index (χ3v) is 6.24. The second-order valence-corrected chi connectivity index (χ2v) is 8.89. The van der Waals surface area contributed by atoms with Crippen LogP contribution in [0.15, 0.2) is 39.7 Å². The molecular weight excluding hydrogens is 536 g/mol. The number of anilines is 1. The van der Waals surface area contributed by atoms with E-state index in [-0.39, 0.29) is 4.91 Å². The Bertz CT molecular complexity index is 1140. The van der Waals surface area contributed by atoms with Crippen molar-refractivity contribution < 1.29 is 28.6 Å². The van der Waals surface area contributed by atoms with Crippen molar-refractivity contribution in [2.24, 2.45) is 0 Å². The van der Waals surface area contributed by atoms with Crippen molar-refractivity contribution >= 4 is 68.1 Å². The van der Waals surface area contributed by atoms with Crippen LogP contribution in [-0.2, 0) is 9.59 Å². The van der Waals surface area contributed by atoms with E-state index >= 15 is 0 Å². The molecule has 1 saturated heterocycles. The lowest BCUT2D eigenvalue weighted by atomic mass is 10.2. The van der Waals surface area contributed by atoms with Crippen LogP contribution in [-0.4, -0.2) is 49.3 Å². The number of imide groups is 1. The Morgan fingerprint density at radius 1 is 1.18 bits per heavy atom. The number of hydrogen-bond donors (Lipinski definition) is 1. The van der Waals surface area contributed by atoms with Gasteiger partial charge >= 0.3 is 0 Å². The molecule has 1 fully saturated rings. The summed E-state index contributed by atoms with van der Waals surface area (Å²) in [5.41, 5.74) is 1.05. The maximum absolute atomic E-state index is 12.8. The summed E-state index contributed by atoms with van der Waals surface area (Å²) in [7, 11) is 3.01. The molecule has 0 atom stereocenters. The van der Waals surface area contributed by atoms with Gasteiger partial charge in [0.05, 0.1) is 35.2 Å². The van der Waals surface area contributed by atoms with Gasteiger partial charge < -0.3 is 19.5 Å². The Balaban J connectivity index is 1.74. The number of methoxy groups -OCH3 is 2. The van der Waals surface area contributed by atoms with Crippen LogP contribution in [0.4, 0.5) is 10.5 Å². The number of nitrogens with zero attached hydrogens (tertiary/aromatic N) is 1. The molecule has 0 unspecified atom stereocenters. The maximum Gasteiger partial charge on any atom is 0.294 e. The molecule has 1 heterocycles. The summed E-state index contributed by atoms with van der Waals surface area (Å²) in [5, 5.41) is 2.40. The smallest absolute Gasteiger partial charge is 0.294 e. The lowest BCUT2D eigenvalue weighted by molar-refractivity contribution is -0.127. The van der Waals surface area contributed by atoms with E-state index < -0.39 is 23.6 Å². The number of rotatable bonds is 8. The first-order chi connectivity index (χ1) is 15.8. The molecule has 2 aromatic carbocycles. The molecule has 3 amide bonds. The predicted octanol–water partition coefficient (Wildman–Crippen LogP) is 5.19. The fourth-order valence-electron chi connectivity index (χ4n) is 3.01. The molecule has 0 bridgehead atoms. The summed E-state index contributed by atoms with van der Waals surface area (Å²) in [5.74, 6) is 0.390. The Kier molecular flexibility index (Phi) is 8.28. The average Bonchev–Trinajstić information content (AvgIpc) is 3.01. The molecular formula is C22H20BrClN2O6S. The van der Waals surface area contributed by atoms with Gasteiger partial charge in [0.25, 0.3) is 11.1 Å². The van der Waals surface area contributed by atoms with Crippen molar-refractivity contribution in [3.8, 4) is 17.2 Å². The fraction of sp³-hybridized carbons (Fsp3) is 0.227. The first kappa shape index (κ1) is 24.9. The number of hydrogen-bond acceptors (Lipinski definition) is 7. The number of carbonyl (C=O) groups excluding carboxylic acids is 3. The molecule has 3 rings (SSSR count). The van der Waals surface area contributed by atoms with Crippen LogP contribution in [0, 0.1) is 0 Å². The Labute approximate surface area is 208 Å². The van der Waals surface area contributed by atoms with E-state index in [0.717, 1.165) is 16.7 Å². The fourth-order valence-corrected chi connectivity index (χ4v) is 4.73. The van der Waals surface area contributed by atoms with Crippen LogP contribution in [0.25, 0.3) is 6.08 Å². The minimum atomic E-state index is -0.558. The third-order valence-electron chi connectivity index (χ3n) is 4.44. The summed E-state index contributed by atoms with van der Waals surface area (Å²) in [6.45, 7) is 1.84. The van der Waals surface area contributed by atoms with E-state index in [2.05, 4.69) is 21.2 Å². The molecule has 2 aromatic rings. The molecule has 0 spiro atoms. The number of thioether (sulfide) groups is 1. The van der Waals surface area contributed by atoms with Gasteiger partial charge in [0.15, 0.2) is 11.5 Å². The van der Waals surface area contributed by atoms with Gasteiger partial charge in [0.2, 0.25) is 5.91 Å². The minimum Gasteiger partial charge on any atom is -0.495 e. The highest BCUT2D eigenvalue weighted by Crippen LogP contribution is 2.39. The van der Waals surface area contributed by atoms with Crippen molar-refractivity contribution in [1.29, 1.82) is 0 Å². The molecule has 174 valence electrons. The van der Waals surface area contributed by atoms with E-state index in [9.17, 15) is 14.4 Å². The van der Waals surface area contributed by atoms with E-state index in [1.807, 2.05) is 6.92 Å². The zero-order valence-electron chi connectivity index (χ0n) is 17.9. The van der Waals surface area contributed by atoms with E-state index in [4.69, 9.17) is 25.8 Å². The van der Waals surface area contributed by atoms with E-state index in [1.165, 1.54) is 20.3 Å². The highest BCUT2D eigenvalue weighted by atomic mass is 79.9. The predicted molar refractivity (Wildman–Crippen MR) is 131 cm³/mol. The van der Waals surface area contributed by atoms with Crippen molar-refractivity contribution in [2.75, 3.05) is 32.7 Å². The zero-order valence-corrected chi connectivity index (χ0v) is 21.1. The Hall–Kier alpha value is -2.69. The number of benzene rings is 2. The Morgan fingerprint density at radius 3 is 2.58 bits per heavy atom. The number of amides is 3. The van der Waals surface area contributed by atoms with Gasteiger partial charge in [-0.1, -0.05) is 11.6 Å². The number of nitrogens with one attached hydrogen (secondary N) is 1. The van der Waals surface area contributed by atoms with Gasteiger partial charge in [0, 0.05) is 5.69 Å². The molecule has 8 nitrogen and oxygen atoms in total. The molecule has 0 aliphatic carbocycles. The van der Waals surface area contributed by atoms with Gasteiger partial charge in [-0.25, -0.2) is 0 Å². The quantitative estimate of drug-likeness (QED) is 0.448. The van der Waals surface area contributed by atoms with Gasteiger partial charge in [-0.05, 0) is 76.6 Å². The van der Waals surface area contributed by atoms with Crippen LogP contribution in [0.1, 0.15) is 12.5 Å². The van der Waals surface area contributed by atoms with Crippen molar-refractivity contribution in [3.63, 3.8) is 0 Å². The number of ether oxygens (including phenoxy) is 3. The summed E-state index contributed by atoms with van der Waals surface area (Å²) in [4.78, 5) is 38.7. The highest BCUT2D eigenvalue weighted by Gasteiger charge is 2.36. The average molecular weight is 556 g/mol. The highest BCUT2D eigenvalue weighted by molar-refractivity contribution is 9.10. The first-order valence-electron chi connectivity index (χ1n) is 9.66. The molecule has 11 heteroatoms. The topological polar surface area (TPSA) is 94.2 Å². The Morgan fingerprint density at radius 2 is 1.94 bits per heavy atom. The van der Waals surface area contributed by atoms with Gasteiger partial charge in [-0.2, -0.15) is 0 Å². The standard InChI is InChI=1S/C22H20BrClN2O6S/c1-4-32-17-8-12(7-14(23)20(17)31-3)9-18-21(28)26(22(29)33-18)11-19(27)25-13-5-6-16(30-2)15(24)10-13/h5-10H,4,11H2,1-3H3,(H,25,27)/b18-9+. The SMILES string of the molecule is CCOc1cc(/C=C2/SC(=O)N(CC(=O)Nc3ccc(OC)c(Cl)c3)C2=O)cc(Br)c1OC. The van der Waals surface area contributed by atoms with Crippen molar-refractivity contribution in [2.45, 2.75) is 6.92 Å². The van der Waals surface area contributed by atoms with Gasteiger partial charge in [0.1, 0.15) is 12.3 Å². The summed E-state index contributed by atoms with van der Waals surface area (Å²) < 4.78 is 16.6. The molecule has 1 aliphatic heterocycles. The van der Waals surface area contributed by atoms with Crippen LogP contribution < -0.4 is 19.5 Å². The molecule has 0 saturated carbocycles. The lowest BCUT2D eigenvalue weighted by Gasteiger charge is -2.13. The van der Waals surface area contributed by atoms with Gasteiger partial charge in [-0.3, -0.25) is 19.3 Å². The van der Waals surface area contributed by atoms with Gasteiger partial charge in [-0.15, -0.1) is 0 Å². The lowest BCUT2D eigenvalue weighted by Crippen LogP contribution is -2.36. The van der Waals surface area contributed by atoms with E-state index in [1.54, 1.807) is 30.3 Å². The monoisotopic (exact) mass is 554 g/mol. The molecule has 33 heavy (non-hydrogen) atoms. The van der Waals surface area contributed by atoms with E-state index in [0.29, 0.717) is 44.6 Å². The van der Waals surface area contributed by atoms with Crippen molar-refractivity contribution in [3.05, 3.63) is 50.3 Å². The largest absolute Gasteiger partial charge is 0.495 e. The summed E-state index contributed by atoms with van der Waals surface area (Å²) >= 11 is 10.2. The first-order valence-corrected chi connectivity index (χ1v) is 11.6. The molecule has 1 N–H and O–H groups in total. The normalized spacial score (nSPS) is 14.6. The number of halogens is 2. The molecule has 0 radical (unpaired) electrons. The second kappa shape index (κ2) is 11.0. The third kappa shape index (κ3) is 5.82. The maximum atomic E-state index is 12.8. The van der Waals surface area contributed by atoms with Crippen molar-refractivity contribution in [1.82, 2.24) is 4.90 Å². The second-order valence-electron chi connectivity index (χ2n) is 6.63.